The van der Waals surface area contributed by atoms with Crippen molar-refractivity contribution < 1.29 is 65.9 Å². The summed E-state index contributed by atoms with van der Waals surface area (Å²) >= 11 is 1.15. The third-order valence-electron chi connectivity index (χ3n) is 5.00. The van der Waals surface area contributed by atoms with Gasteiger partial charge in [0.25, 0.3) is 0 Å². The van der Waals surface area contributed by atoms with Crippen molar-refractivity contribution in [1.29, 1.82) is 0 Å². The highest BCUT2D eigenvalue weighted by Crippen LogP contribution is 2.63. The molecule has 1 fully saturated rings. The summed E-state index contributed by atoms with van der Waals surface area (Å²) in [6, 6.07) is 0. The lowest BCUT2D eigenvalue weighted by Gasteiger charge is -2.44. The molecule has 0 radical (unpaired) electrons. The molecule has 1 aliphatic carbocycles. The lowest BCUT2D eigenvalue weighted by Crippen LogP contribution is -2.73. The molecular weight excluding hydrogens is 592 g/mol. The van der Waals surface area contributed by atoms with Crippen LogP contribution in [0.15, 0.2) is 0 Å². The average Bonchev–Trinajstić information content (AvgIpc) is 2.56. The van der Waals surface area contributed by atoms with Gasteiger partial charge >= 0.3 is 41.7 Å². The van der Waals surface area contributed by atoms with Crippen molar-refractivity contribution in [2.45, 2.75) is 84.2 Å². The van der Waals surface area contributed by atoms with Gasteiger partial charge in [0.15, 0.2) is 0 Å². The fourth-order valence-corrected chi connectivity index (χ4v) is 4.31. The standard InChI is InChI=1S/C15H14F15I/c16-9(17,7-5-3-1-2-4-6-8(7)31)10(18,19)11(20,21)12(22,23)13(24,25)14(26,27)15(28,29)30/h7-8H,1-6H2. The maximum Gasteiger partial charge on any atom is 0.460 e. The van der Waals surface area contributed by atoms with Gasteiger partial charge in [-0.25, -0.2) is 0 Å². The Morgan fingerprint density at radius 1 is 0.452 bits per heavy atom. The Morgan fingerprint density at radius 3 is 1.23 bits per heavy atom. The molecule has 16 heteroatoms. The number of rotatable bonds is 6. The van der Waals surface area contributed by atoms with Crippen LogP contribution in [0.3, 0.4) is 0 Å². The highest BCUT2D eigenvalue weighted by Gasteiger charge is 2.93. The minimum atomic E-state index is -8.21. The van der Waals surface area contributed by atoms with Gasteiger partial charge in [-0.05, 0) is 12.8 Å². The summed E-state index contributed by atoms with van der Waals surface area (Å²) in [6.07, 6.45) is -8.24. The molecule has 0 aromatic carbocycles. The molecule has 1 aliphatic rings. The maximum atomic E-state index is 14.4. The molecule has 0 nitrogen and oxygen atoms in total. The summed E-state index contributed by atoms with van der Waals surface area (Å²) in [4.78, 5) is 0. The van der Waals surface area contributed by atoms with Crippen LogP contribution < -0.4 is 0 Å². The van der Waals surface area contributed by atoms with E-state index >= 15 is 0 Å². The first-order chi connectivity index (χ1) is 13.5. The quantitative estimate of drug-likeness (QED) is 0.163. The largest absolute Gasteiger partial charge is 0.460 e. The van der Waals surface area contributed by atoms with Gasteiger partial charge in [0, 0.05) is 9.84 Å². The summed E-state index contributed by atoms with van der Waals surface area (Å²) in [5.41, 5.74) is 0. The van der Waals surface area contributed by atoms with Crippen LogP contribution in [0, 0.1) is 5.92 Å². The lowest BCUT2D eigenvalue weighted by atomic mass is 9.80. The van der Waals surface area contributed by atoms with E-state index in [4.69, 9.17) is 0 Å². The second-order valence-corrected chi connectivity index (χ2v) is 8.71. The Labute approximate surface area is 179 Å². The zero-order valence-electron chi connectivity index (χ0n) is 14.9. The van der Waals surface area contributed by atoms with E-state index in [0.29, 0.717) is 6.42 Å². The molecule has 0 aromatic heterocycles. The average molecular weight is 606 g/mol. The van der Waals surface area contributed by atoms with Crippen molar-refractivity contribution in [2.24, 2.45) is 5.92 Å². The molecule has 0 saturated heterocycles. The second kappa shape index (κ2) is 8.47. The van der Waals surface area contributed by atoms with Gasteiger partial charge in [-0.3, -0.25) is 0 Å². The van der Waals surface area contributed by atoms with Crippen LogP contribution in [0.25, 0.3) is 0 Å². The highest BCUT2D eigenvalue weighted by molar-refractivity contribution is 14.1. The Morgan fingerprint density at radius 2 is 0.806 bits per heavy atom. The monoisotopic (exact) mass is 606 g/mol. The minimum Gasteiger partial charge on any atom is -0.199 e. The number of halogens is 16. The van der Waals surface area contributed by atoms with Crippen molar-refractivity contribution in [3.05, 3.63) is 0 Å². The minimum absolute atomic E-state index is 0.161. The van der Waals surface area contributed by atoms with E-state index < -0.39 is 58.0 Å². The van der Waals surface area contributed by atoms with Crippen LogP contribution in [0.2, 0.25) is 0 Å². The fraction of sp³-hybridized carbons (Fsp3) is 1.00. The third-order valence-corrected chi connectivity index (χ3v) is 6.49. The molecule has 0 heterocycles. The molecule has 186 valence electrons. The topological polar surface area (TPSA) is 0 Å². The molecular formula is C15H14F15I. The predicted molar refractivity (Wildman–Crippen MR) is 84.7 cm³/mol. The molecule has 0 amide bonds. The molecule has 0 bridgehead atoms. The molecule has 0 aromatic rings. The summed E-state index contributed by atoms with van der Waals surface area (Å²) in [5.74, 6) is -48.6. The van der Waals surface area contributed by atoms with Crippen LogP contribution in [0.1, 0.15) is 38.5 Å². The van der Waals surface area contributed by atoms with E-state index in [1.54, 1.807) is 0 Å². The van der Waals surface area contributed by atoms with Gasteiger partial charge in [0.2, 0.25) is 0 Å². The van der Waals surface area contributed by atoms with E-state index in [1.807, 2.05) is 0 Å². The Kier molecular flexibility index (Phi) is 7.85. The van der Waals surface area contributed by atoms with E-state index in [9.17, 15) is 65.9 Å². The highest BCUT2D eigenvalue weighted by atomic mass is 127. The Bertz CT molecular complexity index is 624. The lowest BCUT2D eigenvalue weighted by molar-refractivity contribution is -0.454. The predicted octanol–water partition coefficient (Wildman–Crippen LogP) is 8.13. The van der Waals surface area contributed by atoms with Gasteiger partial charge in [-0.15, -0.1) is 0 Å². The van der Waals surface area contributed by atoms with Gasteiger partial charge in [0.1, 0.15) is 0 Å². The fourth-order valence-electron chi connectivity index (χ4n) is 3.06. The number of alkyl halides is 16. The van der Waals surface area contributed by atoms with Crippen LogP contribution in [-0.2, 0) is 0 Å². The van der Waals surface area contributed by atoms with Crippen molar-refractivity contribution >= 4 is 22.6 Å². The third kappa shape index (κ3) is 4.30. The number of hydrogen-bond donors (Lipinski definition) is 0. The first kappa shape index (κ1) is 28.7. The summed E-state index contributed by atoms with van der Waals surface area (Å²) < 4.78 is 198. The van der Waals surface area contributed by atoms with Crippen molar-refractivity contribution in [3.63, 3.8) is 0 Å². The molecule has 0 aliphatic heterocycles. The van der Waals surface area contributed by atoms with Gasteiger partial charge < -0.3 is 0 Å². The van der Waals surface area contributed by atoms with Crippen LogP contribution in [-0.4, -0.2) is 45.6 Å². The van der Waals surface area contributed by atoms with Crippen molar-refractivity contribution in [1.82, 2.24) is 0 Å². The van der Waals surface area contributed by atoms with Crippen molar-refractivity contribution in [3.8, 4) is 0 Å². The van der Waals surface area contributed by atoms with E-state index in [2.05, 4.69) is 0 Å². The second-order valence-electron chi connectivity index (χ2n) is 7.11. The van der Waals surface area contributed by atoms with E-state index in [1.165, 1.54) is 0 Å². The zero-order valence-corrected chi connectivity index (χ0v) is 17.1. The molecule has 1 rings (SSSR count). The molecule has 0 spiro atoms. The van der Waals surface area contributed by atoms with Crippen LogP contribution in [0.4, 0.5) is 65.9 Å². The van der Waals surface area contributed by atoms with Crippen LogP contribution in [0.5, 0.6) is 0 Å². The first-order valence-electron chi connectivity index (χ1n) is 8.49. The van der Waals surface area contributed by atoms with Gasteiger partial charge in [0.05, 0.1) is 0 Å². The zero-order chi connectivity index (χ0) is 24.9. The molecule has 2 unspecified atom stereocenters. The maximum absolute atomic E-state index is 14.4. The first-order valence-corrected chi connectivity index (χ1v) is 9.74. The van der Waals surface area contributed by atoms with E-state index in [0.717, 1.165) is 22.6 Å². The molecule has 31 heavy (non-hydrogen) atoms. The van der Waals surface area contributed by atoms with Gasteiger partial charge in [-0.2, -0.15) is 65.9 Å². The SMILES string of the molecule is FC(F)(F)C(F)(F)C(F)(F)C(F)(F)C(F)(F)C(F)(F)C(F)(F)C1CCCCCCC1I. The van der Waals surface area contributed by atoms with Gasteiger partial charge in [-0.1, -0.05) is 48.3 Å². The number of hydrogen-bond acceptors (Lipinski definition) is 0. The Hall–Kier alpha value is -0.320. The van der Waals surface area contributed by atoms with E-state index in [-0.39, 0.29) is 25.7 Å². The molecule has 2 atom stereocenters. The molecule has 0 N–H and O–H groups in total. The summed E-state index contributed by atoms with van der Waals surface area (Å²) in [6.45, 7) is 0. The van der Waals surface area contributed by atoms with Crippen LogP contribution >= 0.6 is 22.6 Å². The summed E-state index contributed by atoms with van der Waals surface area (Å²) in [5, 5.41) is 0. The smallest absolute Gasteiger partial charge is 0.199 e. The normalized spacial score (nSPS) is 24.0. The molecule has 1 saturated carbocycles. The van der Waals surface area contributed by atoms with Crippen molar-refractivity contribution in [2.75, 3.05) is 0 Å². The Balaban J connectivity index is 3.53. The summed E-state index contributed by atoms with van der Waals surface area (Å²) in [7, 11) is 0.